The van der Waals surface area contributed by atoms with Gasteiger partial charge in [-0.3, -0.25) is 0 Å². The summed E-state index contributed by atoms with van der Waals surface area (Å²) in [6.07, 6.45) is -28.1. The molecule has 5 saturated heterocycles. The molecule has 5 aliphatic rings. The zero-order chi connectivity index (χ0) is 102. The third kappa shape index (κ3) is 25.0. The zero-order valence-corrected chi connectivity index (χ0v) is 82.8. The molecule has 14 rings (SSSR count). The molecule has 52 heteroatoms. The van der Waals surface area contributed by atoms with Crippen molar-refractivity contribution in [2.45, 2.75) is 264 Å². The molecule has 140 heavy (non-hydrogen) atoms. The maximum Gasteiger partial charge on any atom is 1.00 e. The molecule has 35 atom stereocenters. The van der Waals surface area contributed by atoms with Crippen molar-refractivity contribution in [2.24, 2.45) is 29.6 Å². The number of carbonyl (C=O) groups is 2. The monoisotopic (exact) mass is 2030 g/mol. The number of aliphatic carboxylic acids is 2. The van der Waals surface area contributed by atoms with Crippen molar-refractivity contribution < 1.29 is 223 Å². The first-order valence-electron chi connectivity index (χ1n) is 43.7. The minimum Gasteiger partial charge on any atom is -0.544 e. The van der Waals surface area contributed by atoms with Gasteiger partial charge in [0.1, 0.15) is 90.1 Å². The van der Waals surface area contributed by atoms with Crippen molar-refractivity contribution in [3.8, 4) is 45.0 Å². The number of carboxylic acid groups (broad SMARTS) is 2. The van der Waals surface area contributed by atoms with Gasteiger partial charge < -0.3 is 120 Å². The number of rotatable bonds is 27. The molecule has 15 N–H and O–H groups in total. The van der Waals surface area contributed by atoms with Crippen LogP contribution in [0.2, 0.25) is 5.02 Å². The molecule has 0 spiro atoms. The maximum atomic E-state index is 15.2. The Kier molecular flexibility index (Phi) is 41.5. The molecule has 762 valence electrons. The van der Waals surface area contributed by atoms with Crippen molar-refractivity contribution in [3.05, 3.63) is 156 Å². The predicted octanol–water partition coefficient (Wildman–Crippen LogP) is -4.07. The Hall–Kier alpha value is -7.69. The Morgan fingerprint density at radius 1 is 0.400 bits per heavy atom. The fourth-order valence-electron chi connectivity index (χ4n) is 17.5. The fraction of sp³-hybridized carbons (Fsp3) is 0.591. The number of carboxylic acids is 2. The van der Waals surface area contributed by atoms with Gasteiger partial charge in [0.2, 0.25) is 17.6 Å². The number of aliphatic hydroxyl groups excluding tert-OH is 15. The van der Waals surface area contributed by atoms with E-state index in [9.17, 15) is 106 Å². The number of hydrogen-bond donors (Lipinski definition) is 15. The summed E-state index contributed by atoms with van der Waals surface area (Å²) in [6.45, 7) is 11.7. The molecule has 0 bridgehead atoms. The first-order chi connectivity index (χ1) is 64.9. The SMILES string of the molecule is CCc1cnnn1[C@H]1C(F)C(F)(C(=O)[O-])O[C@@H]([C@H](O)[C@H](O)CO)[C@@H]1C.C[C@H]1[C@H]([C@H](O)[C@H](O)CO)OC(C)(F)C(F)[C@@H]1n1cc(-c2ccccc2Cl)nn1.C[C@H]1[C@H]([C@H](O)[C@H](O)CO)OC(F)(C(=O)[O-])C(F)[C@@H]1n1nncc1-c1ccccc1.Cc1ccccc1-c1cn([C@H]2C(F)C(C)(F)O[C@@H]([C@H](O)[C@H](O)CO)[C@@H]2C)nn1.Cc1ccccc1-c1cn([C@H]2C(F)C(C)(F)O[C@@H]([C@H](O)[C@H](O)CO)[C@@H]2C)nn1.[Na+].[Na+]. The summed E-state index contributed by atoms with van der Waals surface area (Å²) in [5.74, 6) is -25.3. The van der Waals surface area contributed by atoms with Crippen molar-refractivity contribution in [3.63, 3.8) is 0 Å². The molecule has 10 unspecified atom stereocenters. The van der Waals surface area contributed by atoms with Crippen LogP contribution in [0.3, 0.4) is 0 Å². The van der Waals surface area contributed by atoms with Gasteiger partial charge in [0, 0.05) is 51.8 Å². The number of alkyl halides is 10. The molecule has 4 aromatic carbocycles. The zero-order valence-electron chi connectivity index (χ0n) is 78.0. The summed E-state index contributed by atoms with van der Waals surface area (Å²) in [4.78, 5) is 22.6. The summed E-state index contributed by atoms with van der Waals surface area (Å²) in [6, 6.07) is 23.9. The van der Waals surface area contributed by atoms with Gasteiger partial charge in [-0.1, -0.05) is 176 Å². The van der Waals surface area contributed by atoms with E-state index in [0.717, 1.165) is 52.4 Å². The van der Waals surface area contributed by atoms with Crippen molar-refractivity contribution in [1.29, 1.82) is 0 Å². The van der Waals surface area contributed by atoms with E-state index in [1.807, 2.05) is 62.4 Å². The number of halogens is 11. The Morgan fingerprint density at radius 3 is 0.993 bits per heavy atom. The van der Waals surface area contributed by atoms with E-state index in [4.69, 9.17) is 56.1 Å². The second kappa shape index (κ2) is 49.5. The number of aliphatic hydroxyl groups is 15. The van der Waals surface area contributed by atoms with Crippen LogP contribution >= 0.6 is 11.6 Å². The van der Waals surface area contributed by atoms with Crippen molar-refractivity contribution in [2.75, 3.05) is 33.0 Å². The second-order valence-electron chi connectivity index (χ2n) is 35.0. The van der Waals surface area contributed by atoms with Gasteiger partial charge in [-0.2, -0.15) is 0 Å². The van der Waals surface area contributed by atoms with Crippen LogP contribution in [0.25, 0.3) is 45.0 Å². The largest absolute Gasteiger partial charge is 1.00 e. The van der Waals surface area contributed by atoms with Gasteiger partial charge in [0.05, 0.1) is 141 Å². The number of hydrogen-bond acceptors (Lipinski definition) is 34. The van der Waals surface area contributed by atoms with Gasteiger partial charge in [-0.15, -0.1) is 25.5 Å². The van der Waals surface area contributed by atoms with Crippen LogP contribution in [0.15, 0.2) is 134 Å². The molecule has 5 aromatic heterocycles. The fourth-order valence-corrected chi connectivity index (χ4v) is 17.7. The smallest absolute Gasteiger partial charge is 0.544 e. The molecular formula is C88H112ClF10N15Na2O24. The van der Waals surface area contributed by atoms with Gasteiger partial charge in [-0.05, 0) is 58.2 Å². The summed E-state index contributed by atoms with van der Waals surface area (Å²) < 4.78 is 180. The number of nitrogens with zero attached hydrogens (tertiary/aromatic N) is 15. The Bertz CT molecular complexity index is 5120. The van der Waals surface area contributed by atoms with E-state index in [2.05, 4.69) is 56.3 Å². The van der Waals surface area contributed by atoms with Crippen molar-refractivity contribution >= 4 is 23.5 Å². The minimum absolute atomic E-state index is 0. The van der Waals surface area contributed by atoms with Crippen molar-refractivity contribution in [1.82, 2.24) is 75.0 Å². The molecule has 39 nitrogen and oxygen atoms in total. The van der Waals surface area contributed by atoms with Gasteiger partial charge in [-0.25, -0.2) is 67.3 Å². The number of carbonyl (C=O) groups excluding carboxylic acids is 2. The number of ether oxygens (including phenoxy) is 5. The molecular weight excluding hydrogens is 1920 g/mol. The number of aryl methyl sites for hydroxylation is 3. The topological polar surface area (TPSA) is 583 Å². The standard InChI is InChI=1S/2C19H25F2N3O4.C18H22ClF2N3O4.C18H21F2N3O6.C14H21F2N3O6.2Na/c2*1-10-6-4-5-7-12(10)13-8-24(23-22-13)15-11(2)17(16(27)14(26)9-25)28-19(3,21)18(15)20;1-9-14(17(20)18(2,21)28-16(9)15(27)13(26)8-25)24-7-12(22-23-24)10-5-3-4-6-11(10)19;1-9-13(23-11(7-21-22-23)10-5-3-2-4-6-10)16(19)18(20,17(27)28)29-15(9)14(26)12(25)8-24;1-3-7-4-17-18-19(7)9-6(2)11(10(22)8(21)5-20)25-14(16,12(9)15)13(23)24;;/h2*4-8,11,14-18,25-27H,9H2,1-3H3;3-7,9,13-17,25-27H,8H2,1-2H3;2-7,9,12-16,24-26H,8H2,1H3,(H,27,28);4,6,8-12,20-22H,3,5H2,1-2H3,(H,23,24);;/q;;;;;2*+1/p-2/t2*11-,14-,15-,16-,17-,18?,19?;9-,13-,14-,15-,16-,17?,18?;9-,12-,13-,14-,15-,16?,18?;6-,8-,9-,10-,11-,12?,14?;;/m11111../s1. The van der Waals surface area contributed by atoms with Crippen LogP contribution in [-0.4, -0.2) is 348 Å². The minimum atomic E-state index is -3.92. The van der Waals surface area contributed by atoms with Crippen LogP contribution in [0.5, 0.6) is 0 Å². The summed E-state index contributed by atoms with van der Waals surface area (Å²) in [7, 11) is 0. The van der Waals surface area contributed by atoms with Crippen LogP contribution in [0, 0.1) is 43.4 Å². The third-order valence-corrected chi connectivity index (χ3v) is 25.8. The van der Waals surface area contributed by atoms with Crippen LogP contribution < -0.4 is 69.3 Å². The van der Waals surface area contributed by atoms with E-state index >= 15 is 8.78 Å². The molecule has 9 aromatic rings. The van der Waals surface area contributed by atoms with Gasteiger partial charge in [0.25, 0.3) is 11.7 Å². The molecule has 10 heterocycles. The van der Waals surface area contributed by atoms with Crippen LogP contribution in [0.1, 0.15) is 109 Å². The molecule has 0 amide bonds. The average Bonchev–Trinajstić information content (AvgIpc) is 1.23. The predicted molar refractivity (Wildman–Crippen MR) is 457 cm³/mol. The Balaban J connectivity index is 0.000000214. The van der Waals surface area contributed by atoms with E-state index in [-0.39, 0.29) is 64.8 Å². The van der Waals surface area contributed by atoms with Gasteiger partial charge in [0.15, 0.2) is 30.9 Å². The molecule has 0 aliphatic carbocycles. The summed E-state index contributed by atoms with van der Waals surface area (Å²) >= 11 is 6.16. The molecule has 0 radical (unpaired) electrons. The average molecular weight is 2040 g/mol. The Morgan fingerprint density at radius 2 is 0.679 bits per heavy atom. The maximum absolute atomic E-state index is 15.2. The molecule has 5 fully saturated rings. The molecule has 5 aliphatic heterocycles. The Labute approximate surface area is 844 Å². The first-order valence-corrected chi connectivity index (χ1v) is 44.1. The summed E-state index contributed by atoms with van der Waals surface area (Å²) in [5.41, 5.74) is 6.80. The van der Waals surface area contributed by atoms with E-state index in [1.54, 1.807) is 82.3 Å². The van der Waals surface area contributed by atoms with Gasteiger partial charge >= 0.3 is 59.1 Å². The second-order valence-corrected chi connectivity index (χ2v) is 35.4. The van der Waals surface area contributed by atoms with Crippen LogP contribution in [-0.2, 0) is 39.7 Å². The first kappa shape index (κ1) is 118. The quantitative estimate of drug-likeness (QED) is 0.0172. The van der Waals surface area contributed by atoms with E-state index in [0.29, 0.717) is 45.3 Å². The third-order valence-electron chi connectivity index (χ3n) is 25.5. The van der Waals surface area contributed by atoms with E-state index in [1.165, 1.54) is 58.9 Å². The normalized spacial score (nSPS) is 32.6. The number of benzene rings is 4. The molecule has 0 saturated carbocycles. The summed E-state index contributed by atoms with van der Waals surface area (Å²) in [5, 5.41) is 207. The number of aromatic nitrogens is 15. The van der Waals surface area contributed by atoms with Crippen LogP contribution in [0.4, 0.5) is 43.9 Å². The van der Waals surface area contributed by atoms with E-state index < -0.39 is 256 Å².